The number of nitrogens with one attached hydrogen (secondary N) is 1. The summed E-state index contributed by atoms with van der Waals surface area (Å²) >= 11 is 3.40. The first-order chi connectivity index (χ1) is 14.0. The third-order valence-electron chi connectivity index (χ3n) is 4.64. The van der Waals surface area contributed by atoms with Crippen molar-refractivity contribution in [3.63, 3.8) is 0 Å². The van der Waals surface area contributed by atoms with Gasteiger partial charge < -0.3 is 14.6 Å². The first kappa shape index (κ1) is 19.6. The predicted octanol–water partition coefficient (Wildman–Crippen LogP) is 5.02. The third-order valence-corrected chi connectivity index (χ3v) is 5.13. The Balaban J connectivity index is 1.43. The lowest BCUT2D eigenvalue weighted by molar-refractivity contribution is 0.0913. The number of benzene rings is 1. The fourth-order valence-electron chi connectivity index (χ4n) is 2.85. The lowest BCUT2D eigenvalue weighted by Crippen LogP contribution is -2.32. The van der Waals surface area contributed by atoms with Crippen LogP contribution in [0.15, 0.2) is 51.6 Å². The van der Waals surface area contributed by atoms with Gasteiger partial charge >= 0.3 is 0 Å². The molecule has 29 heavy (non-hydrogen) atoms. The molecule has 2 aromatic heterocycles. The Labute approximate surface area is 177 Å². The molecular weight excluding hydrogens is 436 g/mol. The van der Waals surface area contributed by atoms with Gasteiger partial charge in [0.2, 0.25) is 11.8 Å². The molecule has 1 atom stereocenters. The standard InChI is InChI=1S/C21H21BrN4O3/c1-12(2)18(21-25-19(26-29-21)13-6-7-13)24-20(27)14-8-9-17(23-11-14)28-16-5-3-4-15(22)10-16/h3-5,8-13,18H,6-7H2,1-2H3,(H,24,27). The number of carbonyl (C=O) groups is 1. The lowest BCUT2D eigenvalue weighted by atomic mass is 10.0. The van der Waals surface area contributed by atoms with Gasteiger partial charge in [-0.15, -0.1) is 0 Å². The van der Waals surface area contributed by atoms with Crippen LogP contribution in [0, 0.1) is 5.92 Å². The van der Waals surface area contributed by atoms with E-state index in [1.807, 2.05) is 38.1 Å². The van der Waals surface area contributed by atoms with Crippen molar-refractivity contribution in [2.45, 2.75) is 38.6 Å². The first-order valence-electron chi connectivity index (χ1n) is 9.53. The summed E-state index contributed by atoms with van der Waals surface area (Å²) in [5, 5.41) is 7.03. The monoisotopic (exact) mass is 456 g/mol. The fourth-order valence-corrected chi connectivity index (χ4v) is 3.22. The van der Waals surface area contributed by atoms with E-state index in [1.165, 1.54) is 6.20 Å². The van der Waals surface area contributed by atoms with Crippen molar-refractivity contribution in [1.29, 1.82) is 0 Å². The Morgan fingerprint density at radius 2 is 2.10 bits per heavy atom. The quantitative estimate of drug-likeness (QED) is 0.536. The Morgan fingerprint density at radius 3 is 2.76 bits per heavy atom. The van der Waals surface area contributed by atoms with Gasteiger partial charge in [-0.05, 0) is 43.0 Å². The number of amides is 1. The second-order valence-electron chi connectivity index (χ2n) is 7.40. The molecule has 0 saturated heterocycles. The molecule has 1 N–H and O–H groups in total. The van der Waals surface area contributed by atoms with Crippen molar-refractivity contribution in [3.8, 4) is 11.6 Å². The second-order valence-corrected chi connectivity index (χ2v) is 8.32. The third kappa shape index (κ3) is 4.82. The number of aromatic nitrogens is 3. The maximum Gasteiger partial charge on any atom is 0.253 e. The topological polar surface area (TPSA) is 90.1 Å². The van der Waals surface area contributed by atoms with Crippen LogP contribution in [0.1, 0.15) is 60.7 Å². The summed E-state index contributed by atoms with van der Waals surface area (Å²) < 4.78 is 12.0. The van der Waals surface area contributed by atoms with E-state index in [0.29, 0.717) is 29.0 Å². The van der Waals surface area contributed by atoms with Gasteiger partial charge in [0.05, 0.1) is 5.56 Å². The van der Waals surface area contributed by atoms with Gasteiger partial charge in [-0.3, -0.25) is 4.79 Å². The lowest BCUT2D eigenvalue weighted by Gasteiger charge is -2.18. The molecule has 150 valence electrons. The second kappa shape index (κ2) is 8.32. The Hall–Kier alpha value is -2.74. The first-order valence-corrected chi connectivity index (χ1v) is 10.3. The molecule has 1 amide bonds. The van der Waals surface area contributed by atoms with Gasteiger partial charge in [0.1, 0.15) is 11.8 Å². The van der Waals surface area contributed by atoms with Crippen molar-refractivity contribution >= 4 is 21.8 Å². The van der Waals surface area contributed by atoms with Gasteiger partial charge in [0.15, 0.2) is 5.82 Å². The molecule has 2 heterocycles. The van der Waals surface area contributed by atoms with Gasteiger partial charge in [0, 0.05) is 22.7 Å². The van der Waals surface area contributed by atoms with Crippen LogP contribution < -0.4 is 10.1 Å². The maximum atomic E-state index is 12.7. The van der Waals surface area contributed by atoms with Crippen molar-refractivity contribution in [2.24, 2.45) is 5.92 Å². The van der Waals surface area contributed by atoms with Crippen LogP contribution in [-0.4, -0.2) is 21.0 Å². The maximum absolute atomic E-state index is 12.7. The zero-order valence-electron chi connectivity index (χ0n) is 16.1. The molecular formula is C21H21BrN4O3. The molecule has 0 radical (unpaired) electrons. The van der Waals surface area contributed by atoms with E-state index in [4.69, 9.17) is 9.26 Å². The smallest absolute Gasteiger partial charge is 0.253 e. The minimum Gasteiger partial charge on any atom is -0.439 e. The van der Waals surface area contributed by atoms with E-state index >= 15 is 0 Å². The van der Waals surface area contributed by atoms with Crippen LogP contribution in [0.3, 0.4) is 0 Å². The molecule has 0 bridgehead atoms. The number of halogens is 1. The van der Waals surface area contributed by atoms with E-state index in [0.717, 1.165) is 23.1 Å². The molecule has 1 unspecified atom stereocenters. The highest BCUT2D eigenvalue weighted by Crippen LogP contribution is 2.38. The average molecular weight is 457 g/mol. The largest absolute Gasteiger partial charge is 0.439 e. The summed E-state index contributed by atoms with van der Waals surface area (Å²) in [6, 6.07) is 10.4. The van der Waals surface area contributed by atoms with Crippen molar-refractivity contribution in [1.82, 2.24) is 20.4 Å². The summed E-state index contributed by atoms with van der Waals surface area (Å²) in [6.45, 7) is 4.00. The summed E-state index contributed by atoms with van der Waals surface area (Å²) in [4.78, 5) is 21.4. The molecule has 3 aromatic rings. The Bertz CT molecular complexity index is 999. The minimum absolute atomic E-state index is 0.0959. The molecule has 0 aliphatic heterocycles. The van der Waals surface area contributed by atoms with Crippen molar-refractivity contribution in [2.75, 3.05) is 0 Å². The van der Waals surface area contributed by atoms with E-state index in [-0.39, 0.29) is 17.9 Å². The molecule has 1 aliphatic rings. The molecule has 8 heteroatoms. The Morgan fingerprint density at radius 1 is 1.28 bits per heavy atom. The van der Waals surface area contributed by atoms with Gasteiger partial charge in [-0.25, -0.2) is 4.98 Å². The van der Waals surface area contributed by atoms with Crippen LogP contribution in [-0.2, 0) is 0 Å². The van der Waals surface area contributed by atoms with Crippen molar-refractivity contribution in [3.05, 3.63) is 64.3 Å². The molecule has 1 aliphatic carbocycles. The van der Waals surface area contributed by atoms with Crippen molar-refractivity contribution < 1.29 is 14.1 Å². The summed E-state index contributed by atoms with van der Waals surface area (Å²) in [6.07, 6.45) is 3.68. The predicted molar refractivity (Wildman–Crippen MR) is 110 cm³/mol. The normalized spacial score (nSPS) is 14.6. The number of ether oxygens (including phenoxy) is 1. The average Bonchev–Trinajstić information content (AvgIpc) is 3.44. The minimum atomic E-state index is -0.361. The van der Waals surface area contributed by atoms with E-state index in [2.05, 4.69) is 36.4 Å². The summed E-state index contributed by atoms with van der Waals surface area (Å²) in [7, 11) is 0. The number of carbonyl (C=O) groups excluding carboxylic acids is 1. The zero-order valence-corrected chi connectivity index (χ0v) is 17.7. The molecule has 0 spiro atoms. The highest BCUT2D eigenvalue weighted by Gasteiger charge is 2.31. The van der Waals surface area contributed by atoms with Crippen LogP contribution in [0.25, 0.3) is 0 Å². The van der Waals surface area contributed by atoms with Crippen LogP contribution >= 0.6 is 15.9 Å². The summed E-state index contributed by atoms with van der Waals surface area (Å²) in [5.41, 5.74) is 0.430. The van der Waals surface area contributed by atoms with Gasteiger partial charge in [0.25, 0.3) is 5.91 Å². The number of nitrogens with zero attached hydrogens (tertiary/aromatic N) is 3. The molecule has 7 nitrogen and oxygen atoms in total. The highest BCUT2D eigenvalue weighted by atomic mass is 79.9. The van der Waals surface area contributed by atoms with Crippen LogP contribution in [0.5, 0.6) is 11.6 Å². The fraction of sp³-hybridized carbons (Fsp3) is 0.333. The molecule has 1 fully saturated rings. The van der Waals surface area contributed by atoms with E-state index in [1.54, 1.807) is 12.1 Å². The molecule has 1 aromatic carbocycles. The zero-order chi connectivity index (χ0) is 20.4. The van der Waals surface area contributed by atoms with Crippen LogP contribution in [0.4, 0.5) is 0 Å². The van der Waals surface area contributed by atoms with E-state index in [9.17, 15) is 4.79 Å². The highest BCUT2D eigenvalue weighted by molar-refractivity contribution is 9.10. The van der Waals surface area contributed by atoms with E-state index < -0.39 is 0 Å². The number of hydrogen-bond donors (Lipinski definition) is 1. The van der Waals surface area contributed by atoms with Crippen LogP contribution in [0.2, 0.25) is 0 Å². The number of pyridine rings is 1. The summed E-state index contributed by atoms with van der Waals surface area (Å²) in [5.74, 6) is 2.49. The number of hydrogen-bond acceptors (Lipinski definition) is 6. The molecule has 1 saturated carbocycles. The number of rotatable bonds is 7. The SMILES string of the molecule is CC(C)C(NC(=O)c1ccc(Oc2cccc(Br)c2)nc1)c1nc(C2CC2)no1. The van der Waals surface area contributed by atoms with Gasteiger partial charge in [-0.1, -0.05) is 41.0 Å². The molecule has 4 rings (SSSR count). The van der Waals surface area contributed by atoms with Gasteiger partial charge in [-0.2, -0.15) is 4.98 Å². The Kier molecular flexibility index (Phi) is 5.62.